The molecule has 1 aromatic heterocycles. The van der Waals surface area contributed by atoms with Gasteiger partial charge in [-0.2, -0.15) is 0 Å². The molecule has 4 rings (SSSR count). The number of anilines is 1. The standard InChI is InChI=1S/C23H25ClN2O2/c1-16(2)17-6-7-22-21(12-17)18(13-23(27)28-22)15-25-8-10-26(11-9-25)20-5-3-4-19(24)14-20/h3-7,12-14,16H,8-11,15H2,1-2H3. The molecule has 0 radical (unpaired) electrons. The van der Waals surface area contributed by atoms with Crippen LogP contribution in [0, 0.1) is 0 Å². The minimum absolute atomic E-state index is 0.280. The van der Waals surface area contributed by atoms with Crippen molar-refractivity contribution in [1.29, 1.82) is 0 Å². The highest BCUT2D eigenvalue weighted by Crippen LogP contribution is 2.25. The number of fused-ring (bicyclic) bond motifs is 1. The van der Waals surface area contributed by atoms with Gasteiger partial charge < -0.3 is 9.32 Å². The fourth-order valence-corrected chi connectivity index (χ4v) is 4.00. The molecular formula is C23H25ClN2O2. The molecule has 28 heavy (non-hydrogen) atoms. The highest BCUT2D eigenvalue weighted by Gasteiger charge is 2.19. The first-order valence-corrected chi connectivity index (χ1v) is 10.2. The summed E-state index contributed by atoms with van der Waals surface area (Å²) in [6.07, 6.45) is 0. The summed E-state index contributed by atoms with van der Waals surface area (Å²) in [5.74, 6) is 0.436. The highest BCUT2D eigenvalue weighted by molar-refractivity contribution is 6.30. The van der Waals surface area contributed by atoms with Crippen molar-refractivity contribution in [3.8, 4) is 0 Å². The molecule has 1 saturated heterocycles. The van der Waals surface area contributed by atoms with Gasteiger partial charge in [-0.3, -0.25) is 4.90 Å². The lowest BCUT2D eigenvalue weighted by Crippen LogP contribution is -2.46. The first-order valence-electron chi connectivity index (χ1n) is 9.79. The normalized spacial score (nSPS) is 15.5. The van der Waals surface area contributed by atoms with Crippen molar-refractivity contribution in [2.75, 3.05) is 31.1 Å². The van der Waals surface area contributed by atoms with Crippen LogP contribution in [0.25, 0.3) is 11.0 Å². The summed E-state index contributed by atoms with van der Waals surface area (Å²) in [4.78, 5) is 16.8. The second kappa shape index (κ2) is 7.98. The van der Waals surface area contributed by atoms with Gasteiger partial charge in [0, 0.05) is 54.9 Å². The minimum atomic E-state index is -0.280. The molecule has 0 amide bonds. The van der Waals surface area contributed by atoms with Crippen molar-refractivity contribution in [2.24, 2.45) is 0 Å². The van der Waals surface area contributed by atoms with Gasteiger partial charge >= 0.3 is 5.63 Å². The summed E-state index contributed by atoms with van der Waals surface area (Å²) in [6.45, 7) is 8.88. The van der Waals surface area contributed by atoms with Crippen LogP contribution in [0.4, 0.5) is 5.69 Å². The van der Waals surface area contributed by atoms with Crippen LogP contribution in [0.5, 0.6) is 0 Å². The van der Waals surface area contributed by atoms with Gasteiger partial charge in [-0.05, 0) is 47.4 Å². The topological polar surface area (TPSA) is 36.7 Å². The van der Waals surface area contributed by atoms with E-state index >= 15 is 0 Å². The van der Waals surface area contributed by atoms with Gasteiger partial charge in [0.2, 0.25) is 0 Å². The Morgan fingerprint density at radius 1 is 1.04 bits per heavy atom. The van der Waals surface area contributed by atoms with E-state index in [1.54, 1.807) is 6.07 Å². The fourth-order valence-electron chi connectivity index (χ4n) is 3.81. The summed E-state index contributed by atoms with van der Waals surface area (Å²) in [5.41, 5.74) is 3.86. The van der Waals surface area contributed by atoms with Crippen LogP contribution in [0.1, 0.15) is 30.9 Å². The van der Waals surface area contributed by atoms with Crippen molar-refractivity contribution < 1.29 is 4.42 Å². The zero-order valence-corrected chi connectivity index (χ0v) is 17.1. The van der Waals surface area contributed by atoms with E-state index in [0.29, 0.717) is 11.5 Å². The maximum absolute atomic E-state index is 12.0. The highest BCUT2D eigenvalue weighted by atomic mass is 35.5. The van der Waals surface area contributed by atoms with Gasteiger partial charge in [0.05, 0.1) is 0 Å². The van der Waals surface area contributed by atoms with Crippen LogP contribution in [0.15, 0.2) is 57.7 Å². The predicted octanol–water partition coefficient (Wildman–Crippen LogP) is 4.89. The molecule has 4 nitrogen and oxygen atoms in total. The minimum Gasteiger partial charge on any atom is -0.423 e. The molecule has 2 heterocycles. The van der Waals surface area contributed by atoms with Crippen LogP contribution in [0.2, 0.25) is 5.02 Å². The molecule has 0 spiro atoms. The maximum Gasteiger partial charge on any atom is 0.336 e. The van der Waals surface area contributed by atoms with Gasteiger partial charge in [0.15, 0.2) is 0 Å². The summed E-state index contributed by atoms with van der Waals surface area (Å²) in [7, 11) is 0. The Kier molecular flexibility index (Phi) is 5.42. The van der Waals surface area contributed by atoms with Crippen LogP contribution >= 0.6 is 11.6 Å². The first-order chi connectivity index (χ1) is 13.5. The zero-order chi connectivity index (χ0) is 19.7. The van der Waals surface area contributed by atoms with Gasteiger partial charge in [-0.1, -0.05) is 37.6 Å². The molecule has 0 unspecified atom stereocenters. The van der Waals surface area contributed by atoms with Crippen molar-refractivity contribution in [3.63, 3.8) is 0 Å². The number of hydrogen-bond acceptors (Lipinski definition) is 4. The predicted molar refractivity (Wildman–Crippen MR) is 116 cm³/mol. The third kappa shape index (κ3) is 4.08. The van der Waals surface area contributed by atoms with E-state index in [9.17, 15) is 4.79 Å². The Labute approximate surface area is 170 Å². The number of rotatable bonds is 4. The van der Waals surface area contributed by atoms with Crippen LogP contribution < -0.4 is 10.5 Å². The molecule has 5 heteroatoms. The molecule has 0 atom stereocenters. The molecule has 0 N–H and O–H groups in total. The third-order valence-electron chi connectivity index (χ3n) is 5.46. The Hall–Kier alpha value is -2.30. The molecule has 1 aliphatic heterocycles. The Bertz CT molecular complexity index is 1040. The number of piperazine rings is 1. The monoisotopic (exact) mass is 396 g/mol. The average Bonchev–Trinajstić information content (AvgIpc) is 2.68. The van der Waals surface area contributed by atoms with Gasteiger partial charge in [-0.15, -0.1) is 0 Å². The second-order valence-electron chi connectivity index (χ2n) is 7.74. The van der Waals surface area contributed by atoms with Crippen molar-refractivity contribution in [2.45, 2.75) is 26.3 Å². The second-order valence-corrected chi connectivity index (χ2v) is 8.18. The molecule has 2 aromatic carbocycles. The van der Waals surface area contributed by atoms with E-state index in [1.807, 2.05) is 30.3 Å². The summed E-state index contributed by atoms with van der Waals surface area (Å²) >= 11 is 6.13. The van der Waals surface area contributed by atoms with Gasteiger partial charge in [0.1, 0.15) is 5.58 Å². The average molecular weight is 397 g/mol. The van der Waals surface area contributed by atoms with Crippen molar-refractivity contribution in [1.82, 2.24) is 4.90 Å². The summed E-state index contributed by atoms with van der Waals surface area (Å²) < 4.78 is 5.42. The fraction of sp³-hybridized carbons (Fsp3) is 0.348. The van der Waals surface area contributed by atoms with Crippen LogP contribution in [0.3, 0.4) is 0 Å². The van der Waals surface area contributed by atoms with E-state index < -0.39 is 0 Å². The lowest BCUT2D eigenvalue weighted by Gasteiger charge is -2.36. The molecule has 0 aliphatic carbocycles. The molecule has 0 saturated carbocycles. The van der Waals surface area contributed by atoms with E-state index in [2.05, 4.69) is 35.8 Å². The van der Waals surface area contributed by atoms with E-state index in [1.165, 1.54) is 11.3 Å². The number of nitrogens with zero attached hydrogens (tertiary/aromatic N) is 2. The van der Waals surface area contributed by atoms with Crippen LogP contribution in [-0.2, 0) is 6.54 Å². The molecular weight excluding hydrogens is 372 g/mol. The smallest absolute Gasteiger partial charge is 0.336 e. The first kappa shape index (κ1) is 19.0. The number of halogens is 1. The largest absolute Gasteiger partial charge is 0.423 e. The van der Waals surface area contributed by atoms with E-state index in [4.69, 9.17) is 16.0 Å². The Morgan fingerprint density at radius 3 is 2.54 bits per heavy atom. The lowest BCUT2D eigenvalue weighted by atomic mass is 9.99. The van der Waals surface area contributed by atoms with Gasteiger partial charge in [0.25, 0.3) is 0 Å². The molecule has 1 fully saturated rings. The number of benzene rings is 2. The Balaban J connectivity index is 1.52. The molecule has 3 aromatic rings. The summed E-state index contributed by atoms with van der Waals surface area (Å²) in [5, 5.41) is 1.81. The third-order valence-corrected chi connectivity index (χ3v) is 5.69. The van der Waals surface area contributed by atoms with E-state index in [0.717, 1.165) is 48.7 Å². The molecule has 146 valence electrons. The van der Waals surface area contributed by atoms with Crippen LogP contribution in [-0.4, -0.2) is 31.1 Å². The summed E-state index contributed by atoms with van der Waals surface area (Å²) in [6, 6.07) is 15.8. The van der Waals surface area contributed by atoms with Crippen molar-refractivity contribution in [3.05, 3.63) is 75.1 Å². The SMILES string of the molecule is CC(C)c1ccc2oc(=O)cc(CN3CCN(c4cccc(Cl)c4)CC3)c2c1. The number of hydrogen-bond donors (Lipinski definition) is 0. The van der Waals surface area contributed by atoms with Gasteiger partial charge in [-0.25, -0.2) is 4.79 Å². The lowest BCUT2D eigenvalue weighted by molar-refractivity contribution is 0.250. The Morgan fingerprint density at radius 2 is 1.82 bits per heavy atom. The molecule has 0 bridgehead atoms. The zero-order valence-electron chi connectivity index (χ0n) is 16.3. The van der Waals surface area contributed by atoms with Crippen molar-refractivity contribution >= 4 is 28.3 Å². The quantitative estimate of drug-likeness (QED) is 0.588. The van der Waals surface area contributed by atoms with E-state index in [-0.39, 0.29) is 5.63 Å². The molecule has 1 aliphatic rings. The maximum atomic E-state index is 12.0.